The van der Waals surface area contributed by atoms with Gasteiger partial charge < -0.3 is 15.5 Å². The Hall–Kier alpha value is -4.26. The number of halogens is 3. The number of anilines is 4. The molecule has 5 rings (SSSR count). The molecular weight excluding hydrogens is 439 g/mol. The minimum Gasteiger partial charge on any atom is -0.379 e. The number of carbonyl (C=O) groups is 1. The smallest absolute Gasteiger partial charge is 0.379 e. The van der Waals surface area contributed by atoms with Crippen LogP contribution in [-0.4, -0.2) is 12.5 Å². The first-order valence-corrected chi connectivity index (χ1v) is 10.7. The van der Waals surface area contributed by atoms with Crippen LogP contribution in [-0.2, 0) is 6.18 Å². The molecule has 4 aromatic carbocycles. The van der Waals surface area contributed by atoms with Gasteiger partial charge in [0.25, 0.3) is 5.91 Å². The molecule has 2 N–H and O–H groups in total. The minimum atomic E-state index is -4.50. The fourth-order valence-corrected chi connectivity index (χ4v) is 4.02. The average molecular weight is 459 g/mol. The molecule has 170 valence electrons. The van der Waals surface area contributed by atoms with E-state index in [2.05, 4.69) is 39.8 Å². The van der Waals surface area contributed by atoms with Crippen molar-refractivity contribution in [2.45, 2.75) is 6.18 Å². The SMILES string of the molecule is O=C(Nc1ccc(N2C=CCNc3c2ccc2ccccc32)cc1)c1cccc(C(F)(F)F)c1. The molecule has 1 aliphatic heterocycles. The molecule has 0 saturated carbocycles. The van der Waals surface area contributed by atoms with Crippen LogP contribution in [0.15, 0.2) is 97.2 Å². The Morgan fingerprint density at radius 1 is 0.912 bits per heavy atom. The van der Waals surface area contributed by atoms with Crippen LogP contribution in [0.5, 0.6) is 0 Å². The normalized spacial score (nSPS) is 13.2. The molecule has 7 heteroatoms. The summed E-state index contributed by atoms with van der Waals surface area (Å²) in [6, 6.07) is 23.8. The Bertz CT molecular complexity index is 1390. The number of nitrogens with one attached hydrogen (secondary N) is 2. The molecule has 0 aromatic heterocycles. The van der Waals surface area contributed by atoms with Crippen molar-refractivity contribution in [1.82, 2.24) is 0 Å². The lowest BCUT2D eigenvalue weighted by molar-refractivity contribution is -0.137. The van der Waals surface area contributed by atoms with Gasteiger partial charge in [0, 0.05) is 35.1 Å². The second-order valence-electron chi connectivity index (χ2n) is 7.90. The first-order chi connectivity index (χ1) is 16.4. The number of amides is 1. The highest BCUT2D eigenvalue weighted by Crippen LogP contribution is 2.39. The van der Waals surface area contributed by atoms with E-state index >= 15 is 0 Å². The Kier molecular flexibility index (Phi) is 5.45. The molecule has 0 saturated heterocycles. The largest absolute Gasteiger partial charge is 0.416 e. The predicted octanol–water partition coefficient (Wildman–Crippen LogP) is 7.19. The summed E-state index contributed by atoms with van der Waals surface area (Å²) in [4.78, 5) is 14.6. The minimum absolute atomic E-state index is 0.0544. The summed E-state index contributed by atoms with van der Waals surface area (Å²) >= 11 is 0. The first-order valence-electron chi connectivity index (χ1n) is 10.7. The summed E-state index contributed by atoms with van der Waals surface area (Å²) in [5.41, 5.74) is 2.48. The average Bonchev–Trinajstić information content (AvgIpc) is 3.07. The van der Waals surface area contributed by atoms with Crippen LogP contribution < -0.4 is 15.5 Å². The second-order valence-corrected chi connectivity index (χ2v) is 7.90. The zero-order valence-electron chi connectivity index (χ0n) is 17.9. The van der Waals surface area contributed by atoms with E-state index in [9.17, 15) is 18.0 Å². The maximum absolute atomic E-state index is 13.0. The fourth-order valence-electron chi connectivity index (χ4n) is 4.02. The molecule has 4 aromatic rings. The predicted molar refractivity (Wildman–Crippen MR) is 130 cm³/mol. The molecule has 34 heavy (non-hydrogen) atoms. The van der Waals surface area contributed by atoms with E-state index in [0.29, 0.717) is 12.2 Å². The van der Waals surface area contributed by atoms with Gasteiger partial charge >= 0.3 is 6.18 Å². The number of benzene rings is 4. The third-order valence-corrected chi connectivity index (χ3v) is 5.67. The number of carbonyl (C=O) groups excluding carboxylic acids is 1. The third-order valence-electron chi connectivity index (χ3n) is 5.67. The topological polar surface area (TPSA) is 44.4 Å². The van der Waals surface area contributed by atoms with Gasteiger partial charge in [-0.2, -0.15) is 13.2 Å². The van der Waals surface area contributed by atoms with Crippen LogP contribution in [0.3, 0.4) is 0 Å². The zero-order chi connectivity index (χ0) is 23.7. The molecule has 0 bridgehead atoms. The summed E-state index contributed by atoms with van der Waals surface area (Å²) in [5.74, 6) is -0.602. The van der Waals surface area contributed by atoms with E-state index in [1.165, 1.54) is 12.1 Å². The van der Waals surface area contributed by atoms with Gasteiger partial charge in [0.1, 0.15) is 0 Å². The maximum Gasteiger partial charge on any atom is 0.416 e. The van der Waals surface area contributed by atoms with Gasteiger partial charge in [0.2, 0.25) is 0 Å². The number of hydrogen-bond donors (Lipinski definition) is 2. The standard InChI is InChI=1S/C27H20F3N3O/c28-27(29,30)20-7-3-6-19(17-20)26(34)32-21-10-12-22(13-11-21)33-16-4-15-31-25-23-8-2-1-5-18(23)9-14-24(25)33/h1-14,16-17,31H,15H2,(H,32,34). The van der Waals surface area contributed by atoms with Crippen molar-refractivity contribution >= 4 is 39.4 Å². The lowest BCUT2D eigenvalue weighted by atomic mass is 10.1. The summed E-state index contributed by atoms with van der Waals surface area (Å²) < 4.78 is 38.9. The van der Waals surface area contributed by atoms with Crippen molar-refractivity contribution in [2.24, 2.45) is 0 Å². The van der Waals surface area contributed by atoms with Gasteiger partial charge in [-0.05, 0) is 60.0 Å². The van der Waals surface area contributed by atoms with Crippen molar-refractivity contribution in [3.05, 3.63) is 108 Å². The lowest BCUT2D eigenvalue weighted by Crippen LogP contribution is -2.14. The molecule has 4 nitrogen and oxygen atoms in total. The van der Waals surface area contributed by atoms with Crippen LogP contribution in [0.2, 0.25) is 0 Å². The number of rotatable bonds is 3. The maximum atomic E-state index is 13.0. The zero-order valence-corrected chi connectivity index (χ0v) is 17.9. The molecular formula is C27H20F3N3O. The highest BCUT2D eigenvalue weighted by atomic mass is 19.4. The molecule has 1 amide bonds. The molecule has 0 fully saturated rings. The lowest BCUT2D eigenvalue weighted by Gasteiger charge is -2.23. The van der Waals surface area contributed by atoms with E-state index < -0.39 is 17.6 Å². The van der Waals surface area contributed by atoms with E-state index in [1.807, 2.05) is 36.5 Å². The van der Waals surface area contributed by atoms with Gasteiger partial charge in [-0.15, -0.1) is 0 Å². The molecule has 1 heterocycles. The Balaban J connectivity index is 1.40. The van der Waals surface area contributed by atoms with E-state index in [0.717, 1.165) is 40.0 Å². The highest BCUT2D eigenvalue weighted by molar-refractivity contribution is 6.05. The van der Waals surface area contributed by atoms with Crippen LogP contribution in [0.4, 0.5) is 35.9 Å². The Morgan fingerprint density at radius 3 is 2.50 bits per heavy atom. The van der Waals surface area contributed by atoms with Gasteiger partial charge in [-0.25, -0.2) is 0 Å². The van der Waals surface area contributed by atoms with Crippen molar-refractivity contribution in [2.75, 3.05) is 22.1 Å². The van der Waals surface area contributed by atoms with Crippen molar-refractivity contribution in [3.8, 4) is 0 Å². The van der Waals surface area contributed by atoms with Crippen LogP contribution in [0.25, 0.3) is 10.8 Å². The molecule has 1 aliphatic rings. The van der Waals surface area contributed by atoms with Crippen LogP contribution >= 0.6 is 0 Å². The van der Waals surface area contributed by atoms with Crippen molar-refractivity contribution in [1.29, 1.82) is 0 Å². The van der Waals surface area contributed by atoms with Crippen LogP contribution in [0.1, 0.15) is 15.9 Å². The van der Waals surface area contributed by atoms with Gasteiger partial charge in [-0.1, -0.05) is 36.4 Å². The fraction of sp³-hybridized carbons (Fsp3) is 0.0741. The van der Waals surface area contributed by atoms with Crippen LogP contribution in [0, 0.1) is 0 Å². The molecule has 0 radical (unpaired) electrons. The van der Waals surface area contributed by atoms with Gasteiger partial charge in [0.05, 0.1) is 16.9 Å². The Morgan fingerprint density at radius 2 is 1.71 bits per heavy atom. The van der Waals surface area contributed by atoms with Crippen molar-refractivity contribution < 1.29 is 18.0 Å². The molecule has 0 unspecified atom stereocenters. The molecule has 0 spiro atoms. The first kappa shape index (κ1) is 21.6. The van der Waals surface area contributed by atoms with Gasteiger partial charge in [0.15, 0.2) is 0 Å². The number of fused-ring (bicyclic) bond motifs is 3. The Labute approximate surface area is 194 Å². The summed E-state index contributed by atoms with van der Waals surface area (Å²) in [5, 5.41) is 8.41. The summed E-state index contributed by atoms with van der Waals surface area (Å²) in [6.45, 7) is 0.683. The number of hydrogen-bond acceptors (Lipinski definition) is 3. The van der Waals surface area contributed by atoms with E-state index in [-0.39, 0.29) is 5.56 Å². The third kappa shape index (κ3) is 4.20. The molecule has 0 atom stereocenters. The van der Waals surface area contributed by atoms with Gasteiger partial charge in [-0.3, -0.25) is 4.79 Å². The highest BCUT2D eigenvalue weighted by Gasteiger charge is 2.30. The molecule has 0 aliphatic carbocycles. The summed E-state index contributed by atoms with van der Waals surface area (Å²) in [6.07, 6.45) is -0.489. The second kappa shape index (κ2) is 8.59. The summed E-state index contributed by atoms with van der Waals surface area (Å²) in [7, 11) is 0. The quantitative estimate of drug-likeness (QED) is 0.341. The van der Waals surface area contributed by atoms with E-state index in [4.69, 9.17) is 0 Å². The van der Waals surface area contributed by atoms with E-state index in [1.54, 1.807) is 12.1 Å². The number of nitrogens with zero attached hydrogens (tertiary/aromatic N) is 1. The number of alkyl halides is 3. The van der Waals surface area contributed by atoms with Crippen molar-refractivity contribution in [3.63, 3.8) is 0 Å². The monoisotopic (exact) mass is 459 g/mol.